The van der Waals surface area contributed by atoms with E-state index < -0.39 is 0 Å². The Morgan fingerprint density at radius 3 is 2.67 bits per heavy atom. The minimum atomic E-state index is -0.146. The molecule has 18 heavy (non-hydrogen) atoms. The number of benzene rings is 2. The van der Waals surface area contributed by atoms with E-state index in [1.54, 1.807) is 6.07 Å². The van der Waals surface area contributed by atoms with Crippen LogP contribution >= 0.6 is 0 Å². The molecule has 1 nitrogen and oxygen atoms in total. The summed E-state index contributed by atoms with van der Waals surface area (Å²) in [4.78, 5) is 0. The van der Waals surface area contributed by atoms with Gasteiger partial charge in [0.15, 0.2) is 0 Å². The van der Waals surface area contributed by atoms with E-state index in [0.29, 0.717) is 5.56 Å². The van der Waals surface area contributed by atoms with Gasteiger partial charge in [0, 0.05) is 6.04 Å². The number of hydrogen-bond donors (Lipinski definition) is 1. The highest BCUT2D eigenvalue weighted by Crippen LogP contribution is 2.37. The fourth-order valence-electron chi connectivity index (χ4n) is 2.84. The van der Waals surface area contributed by atoms with Crippen LogP contribution in [0.1, 0.15) is 29.2 Å². The van der Waals surface area contributed by atoms with Crippen LogP contribution in [0.4, 0.5) is 4.39 Å². The van der Waals surface area contributed by atoms with Gasteiger partial charge in [-0.15, -0.1) is 0 Å². The standard InChI is InChI=1S/C16H16FN/c1-10-11(4-3-7-15(10)17)12-5-2-6-14-13(12)8-9-16(14)18/h2-7,16H,8-9,18H2,1H3. The van der Waals surface area contributed by atoms with Gasteiger partial charge in [-0.1, -0.05) is 30.3 Å². The zero-order valence-corrected chi connectivity index (χ0v) is 10.4. The summed E-state index contributed by atoms with van der Waals surface area (Å²) in [7, 11) is 0. The summed E-state index contributed by atoms with van der Waals surface area (Å²) in [5.74, 6) is -0.146. The minimum absolute atomic E-state index is 0.133. The predicted molar refractivity (Wildman–Crippen MR) is 71.8 cm³/mol. The molecular weight excluding hydrogens is 225 g/mol. The molecule has 2 aromatic rings. The van der Waals surface area contributed by atoms with Crippen LogP contribution in [0, 0.1) is 12.7 Å². The zero-order chi connectivity index (χ0) is 12.7. The molecule has 0 aliphatic heterocycles. The Morgan fingerprint density at radius 2 is 1.83 bits per heavy atom. The maximum Gasteiger partial charge on any atom is 0.126 e. The van der Waals surface area contributed by atoms with Crippen molar-refractivity contribution in [3.63, 3.8) is 0 Å². The Bertz CT molecular complexity index is 604. The maximum absolute atomic E-state index is 13.7. The number of nitrogens with two attached hydrogens (primary N) is 1. The first-order valence-corrected chi connectivity index (χ1v) is 6.31. The van der Waals surface area contributed by atoms with Gasteiger partial charge in [-0.2, -0.15) is 0 Å². The first-order valence-electron chi connectivity index (χ1n) is 6.31. The lowest BCUT2D eigenvalue weighted by molar-refractivity contribution is 0.619. The number of fused-ring (bicyclic) bond motifs is 1. The van der Waals surface area contributed by atoms with Crippen molar-refractivity contribution in [3.05, 3.63) is 58.9 Å². The van der Waals surface area contributed by atoms with Gasteiger partial charge in [0.05, 0.1) is 0 Å². The second-order valence-corrected chi connectivity index (χ2v) is 4.93. The smallest absolute Gasteiger partial charge is 0.126 e. The third kappa shape index (κ3) is 1.65. The molecule has 1 aliphatic rings. The van der Waals surface area contributed by atoms with Crippen LogP contribution < -0.4 is 5.73 Å². The number of halogens is 1. The molecule has 0 saturated heterocycles. The largest absolute Gasteiger partial charge is 0.324 e. The van der Waals surface area contributed by atoms with Crippen molar-refractivity contribution >= 4 is 0 Å². The molecule has 1 unspecified atom stereocenters. The minimum Gasteiger partial charge on any atom is -0.324 e. The van der Waals surface area contributed by atoms with Crippen molar-refractivity contribution in [2.24, 2.45) is 5.73 Å². The van der Waals surface area contributed by atoms with Crippen LogP contribution in [0.15, 0.2) is 36.4 Å². The molecule has 3 rings (SSSR count). The molecule has 2 aromatic carbocycles. The Balaban J connectivity index is 2.22. The lowest BCUT2D eigenvalue weighted by Gasteiger charge is -2.12. The fraction of sp³-hybridized carbons (Fsp3) is 0.250. The van der Waals surface area contributed by atoms with Crippen molar-refractivity contribution in [1.82, 2.24) is 0 Å². The third-order valence-electron chi connectivity index (χ3n) is 3.87. The third-order valence-corrected chi connectivity index (χ3v) is 3.87. The molecule has 0 spiro atoms. The lowest BCUT2D eigenvalue weighted by atomic mass is 9.93. The topological polar surface area (TPSA) is 26.0 Å². The van der Waals surface area contributed by atoms with E-state index in [-0.39, 0.29) is 11.9 Å². The molecule has 0 amide bonds. The normalized spacial score (nSPS) is 17.8. The van der Waals surface area contributed by atoms with Gasteiger partial charge in [0.25, 0.3) is 0 Å². The second kappa shape index (κ2) is 4.21. The molecule has 92 valence electrons. The van der Waals surface area contributed by atoms with Crippen LogP contribution in [0.25, 0.3) is 11.1 Å². The Kier molecular flexibility index (Phi) is 2.67. The Morgan fingerprint density at radius 1 is 1.11 bits per heavy atom. The van der Waals surface area contributed by atoms with Crippen LogP contribution in [-0.4, -0.2) is 0 Å². The number of hydrogen-bond acceptors (Lipinski definition) is 1. The van der Waals surface area contributed by atoms with E-state index in [2.05, 4.69) is 12.1 Å². The average molecular weight is 241 g/mol. The maximum atomic E-state index is 13.7. The summed E-state index contributed by atoms with van der Waals surface area (Å²) >= 11 is 0. The van der Waals surface area contributed by atoms with E-state index >= 15 is 0 Å². The van der Waals surface area contributed by atoms with E-state index in [0.717, 1.165) is 24.0 Å². The van der Waals surface area contributed by atoms with Crippen LogP contribution in [0.3, 0.4) is 0 Å². The molecule has 2 N–H and O–H groups in total. The zero-order valence-electron chi connectivity index (χ0n) is 10.4. The molecule has 0 aromatic heterocycles. The first-order chi connectivity index (χ1) is 8.68. The fourth-order valence-corrected chi connectivity index (χ4v) is 2.84. The van der Waals surface area contributed by atoms with E-state index in [1.165, 1.54) is 17.2 Å². The summed E-state index contributed by atoms with van der Waals surface area (Å²) in [5, 5.41) is 0. The predicted octanol–water partition coefficient (Wildman–Crippen LogP) is 3.75. The summed E-state index contributed by atoms with van der Waals surface area (Å²) in [6.07, 6.45) is 1.98. The van der Waals surface area contributed by atoms with Crippen molar-refractivity contribution in [2.75, 3.05) is 0 Å². The van der Waals surface area contributed by atoms with E-state index in [4.69, 9.17) is 5.73 Å². The molecule has 0 bridgehead atoms. The average Bonchev–Trinajstić information content (AvgIpc) is 2.75. The van der Waals surface area contributed by atoms with Gasteiger partial charge in [-0.3, -0.25) is 0 Å². The van der Waals surface area contributed by atoms with Gasteiger partial charge >= 0.3 is 0 Å². The highest BCUT2D eigenvalue weighted by atomic mass is 19.1. The van der Waals surface area contributed by atoms with Crippen molar-refractivity contribution in [3.8, 4) is 11.1 Å². The summed E-state index contributed by atoms with van der Waals surface area (Å²) in [6, 6.07) is 11.6. The molecular formula is C16H16FN. The lowest BCUT2D eigenvalue weighted by Crippen LogP contribution is -2.05. The molecule has 0 heterocycles. The summed E-state index contributed by atoms with van der Waals surface area (Å²) in [5.41, 5.74) is 11.4. The van der Waals surface area contributed by atoms with Gasteiger partial charge in [-0.05, 0) is 53.6 Å². The van der Waals surface area contributed by atoms with Crippen LogP contribution in [0.2, 0.25) is 0 Å². The van der Waals surface area contributed by atoms with Crippen LogP contribution in [-0.2, 0) is 6.42 Å². The molecule has 0 fully saturated rings. The molecule has 0 radical (unpaired) electrons. The second-order valence-electron chi connectivity index (χ2n) is 4.93. The van der Waals surface area contributed by atoms with Crippen molar-refractivity contribution < 1.29 is 4.39 Å². The van der Waals surface area contributed by atoms with E-state index in [1.807, 2.05) is 19.1 Å². The highest BCUT2D eigenvalue weighted by molar-refractivity contribution is 5.72. The molecule has 0 saturated carbocycles. The molecule has 2 heteroatoms. The SMILES string of the molecule is Cc1c(F)cccc1-c1cccc2c1CCC2N. The Hall–Kier alpha value is -1.67. The van der Waals surface area contributed by atoms with Gasteiger partial charge in [-0.25, -0.2) is 4.39 Å². The summed E-state index contributed by atoms with van der Waals surface area (Å²) in [6.45, 7) is 1.83. The monoisotopic (exact) mass is 241 g/mol. The van der Waals surface area contributed by atoms with Gasteiger partial charge in [0.1, 0.15) is 5.82 Å². The van der Waals surface area contributed by atoms with Crippen molar-refractivity contribution in [1.29, 1.82) is 0 Å². The first kappa shape index (κ1) is 11.4. The summed E-state index contributed by atoms with van der Waals surface area (Å²) < 4.78 is 13.7. The van der Waals surface area contributed by atoms with Crippen molar-refractivity contribution in [2.45, 2.75) is 25.8 Å². The number of rotatable bonds is 1. The molecule has 1 aliphatic carbocycles. The van der Waals surface area contributed by atoms with E-state index in [9.17, 15) is 4.39 Å². The Labute approximate surface area is 106 Å². The quantitative estimate of drug-likeness (QED) is 0.808. The van der Waals surface area contributed by atoms with Gasteiger partial charge in [0.2, 0.25) is 0 Å². The highest BCUT2D eigenvalue weighted by Gasteiger charge is 2.22. The van der Waals surface area contributed by atoms with Gasteiger partial charge < -0.3 is 5.73 Å². The van der Waals surface area contributed by atoms with Crippen LogP contribution in [0.5, 0.6) is 0 Å². The molecule has 1 atom stereocenters.